The van der Waals surface area contributed by atoms with Gasteiger partial charge in [-0.05, 0) is 24.6 Å². The molecule has 0 radical (unpaired) electrons. The van der Waals surface area contributed by atoms with Crippen LogP contribution in [0.3, 0.4) is 0 Å². The zero-order valence-corrected chi connectivity index (χ0v) is 10.3. The maximum Gasteiger partial charge on any atom is 0.243 e. The number of halogens is 1. The van der Waals surface area contributed by atoms with Crippen LogP contribution in [0.5, 0.6) is 0 Å². The third-order valence-corrected chi connectivity index (χ3v) is 5.05. The highest BCUT2D eigenvalue weighted by atomic mass is 35.5. The molecular weight excluding hydrogens is 250 g/mol. The summed E-state index contributed by atoms with van der Waals surface area (Å²) in [6.45, 7) is 1.99. The summed E-state index contributed by atoms with van der Waals surface area (Å²) >= 11 is 5.88. The molecule has 1 aliphatic rings. The van der Waals surface area contributed by atoms with Crippen LogP contribution in [-0.2, 0) is 10.0 Å². The molecule has 0 spiro atoms. The summed E-state index contributed by atoms with van der Waals surface area (Å²) in [5.41, 5.74) is 0.547. The summed E-state index contributed by atoms with van der Waals surface area (Å²) in [5, 5.41) is 9.55. The quantitative estimate of drug-likeness (QED) is 0.865. The van der Waals surface area contributed by atoms with Crippen LogP contribution in [0.2, 0.25) is 5.02 Å². The van der Waals surface area contributed by atoms with Crippen molar-refractivity contribution < 1.29 is 13.5 Å². The standard InChI is InChI=1S/C10H12ClNO3S/c1-7-9(11)3-2-4-10(7)16(14,15)12-5-8(13)6-12/h2-4,8,13H,5-6H2,1H3. The van der Waals surface area contributed by atoms with E-state index >= 15 is 0 Å². The number of hydrogen-bond acceptors (Lipinski definition) is 3. The predicted octanol–water partition coefficient (Wildman–Crippen LogP) is 1.01. The van der Waals surface area contributed by atoms with Crippen LogP contribution >= 0.6 is 11.6 Å². The molecule has 0 atom stereocenters. The van der Waals surface area contributed by atoms with Gasteiger partial charge >= 0.3 is 0 Å². The Kier molecular flexibility index (Phi) is 2.96. The molecular formula is C10H12ClNO3S. The Morgan fingerprint density at radius 3 is 2.62 bits per heavy atom. The number of aliphatic hydroxyl groups is 1. The first-order chi connectivity index (χ1) is 7.43. The van der Waals surface area contributed by atoms with Crippen molar-refractivity contribution in [1.29, 1.82) is 0 Å². The third-order valence-electron chi connectivity index (χ3n) is 2.66. The Balaban J connectivity index is 2.40. The summed E-state index contributed by atoms with van der Waals surface area (Å²) in [5.74, 6) is 0. The summed E-state index contributed by atoms with van der Waals surface area (Å²) in [6.07, 6.45) is -0.547. The van der Waals surface area contributed by atoms with Gasteiger partial charge < -0.3 is 5.11 Å². The SMILES string of the molecule is Cc1c(Cl)cccc1S(=O)(=O)N1CC(O)C1. The highest BCUT2D eigenvalue weighted by molar-refractivity contribution is 7.89. The zero-order valence-electron chi connectivity index (χ0n) is 8.72. The number of β-amino-alcohol motifs (C(OH)–C–C–N with tert-alkyl or cyclic N) is 1. The van der Waals surface area contributed by atoms with Gasteiger partial charge in [-0.15, -0.1) is 0 Å². The summed E-state index contributed by atoms with van der Waals surface area (Å²) < 4.78 is 25.4. The van der Waals surface area contributed by atoms with Gasteiger partial charge in [0.25, 0.3) is 0 Å². The fourth-order valence-corrected chi connectivity index (χ4v) is 3.61. The fourth-order valence-electron chi connectivity index (χ4n) is 1.62. The van der Waals surface area contributed by atoms with Gasteiger partial charge in [-0.25, -0.2) is 8.42 Å². The molecule has 0 unspecified atom stereocenters. The van der Waals surface area contributed by atoms with E-state index in [2.05, 4.69) is 0 Å². The van der Waals surface area contributed by atoms with E-state index in [1.54, 1.807) is 19.1 Å². The van der Waals surface area contributed by atoms with Gasteiger partial charge in [0.1, 0.15) is 0 Å². The van der Waals surface area contributed by atoms with Gasteiger partial charge in [0.15, 0.2) is 0 Å². The number of sulfonamides is 1. The lowest BCUT2D eigenvalue weighted by atomic mass is 10.2. The Hall–Kier alpha value is -0.620. The first-order valence-electron chi connectivity index (χ1n) is 4.86. The third kappa shape index (κ3) is 1.84. The van der Waals surface area contributed by atoms with Crippen molar-refractivity contribution in [3.63, 3.8) is 0 Å². The number of benzene rings is 1. The van der Waals surface area contributed by atoms with E-state index < -0.39 is 16.1 Å². The molecule has 0 aliphatic carbocycles. The van der Waals surface area contributed by atoms with E-state index in [0.717, 1.165) is 0 Å². The highest BCUT2D eigenvalue weighted by Gasteiger charge is 2.36. The van der Waals surface area contributed by atoms with Gasteiger partial charge in [0, 0.05) is 18.1 Å². The Morgan fingerprint density at radius 1 is 1.44 bits per heavy atom. The molecule has 1 aromatic carbocycles. The average molecular weight is 262 g/mol. The van der Waals surface area contributed by atoms with Gasteiger partial charge in [0.05, 0.1) is 11.0 Å². The Labute approximate surface area is 99.5 Å². The van der Waals surface area contributed by atoms with Crippen LogP contribution in [0.15, 0.2) is 23.1 Å². The molecule has 2 rings (SSSR count). The first-order valence-corrected chi connectivity index (χ1v) is 6.68. The normalized spacial score (nSPS) is 18.4. The maximum atomic E-state index is 12.1. The van der Waals surface area contributed by atoms with Gasteiger partial charge in [-0.3, -0.25) is 0 Å². The number of nitrogens with zero attached hydrogens (tertiary/aromatic N) is 1. The van der Waals surface area contributed by atoms with Gasteiger partial charge in [0.2, 0.25) is 10.0 Å². The topological polar surface area (TPSA) is 57.6 Å². The van der Waals surface area contributed by atoms with Gasteiger partial charge in [-0.2, -0.15) is 4.31 Å². The van der Waals surface area contributed by atoms with E-state index in [1.165, 1.54) is 10.4 Å². The monoisotopic (exact) mass is 261 g/mol. The molecule has 0 saturated carbocycles. The lowest BCUT2D eigenvalue weighted by Gasteiger charge is -2.34. The zero-order chi connectivity index (χ0) is 11.9. The molecule has 1 fully saturated rings. The van der Waals surface area contributed by atoms with Crippen molar-refractivity contribution in [2.45, 2.75) is 17.9 Å². The van der Waals surface area contributed by atoms with E-state index in [0.29, 0.717) is 10.6 Å². The fraction of sp³-hybridized carbons (Fsp3) is 0.400. The van der Waals surface area contributed by atoms with Crippen LogP contribution in [0.25, 0.3) is 0 Å². The minimum atomic E-state index is -3.50. The lowest BCUT2D eigenvalue weighted by molar-refractivity contribution is 0.0547. The van der Waals surface area contributed by atoms with Crippen LogP contribution in [-0.4, -0.2) is 37.0 Å². The Bertz CT molecular complexity index is 509. The van der Waals surface area contributed by atoms with E-state index in [9.17, 15) is 8.42 Å². The predicted molar refractivity (Wildman–Crippen MR) is 61.0 cm³/mol. The number of aliphatic hydroxyl groups excluding tert-OH is 1. The molecule has 4 nitrogen and oxygen atoms in total. The first kappa shape index (κ1) is 11.9. The summed E-state index contributed by atoms with van der Waals surface area (Å²) in [4.78, 5) is 0.215. The average Bonchev–Trinajstić information content (AvgIpc) is 2.17. The highest BCUT2D eigenvalue weighted by Crippen LogP contribution is 2.27. The van der Waals surface area contributed by atoms with Crippen LogP contribution in [0.1, 0.15) is 5.56 Å². The Morgan fingerprint density at radius 2 is 2.06 bits per heavy atom. The van der Waals surface area contributed by atoms with Crippen molar-refractivity contribution in [3.8, 4) is 0 Å². The second-order valence-corrected chi connectivity index (χ2v) is 6.15. The molecule has 6 heteroatoms. The van der Waals surface area contributed by atoms with E-state index in [-0.39, 0.29) is 18.0 Å². The van der Waals surface area contributed by atoms with Crippen LogP contribution < -0.4 is 0 Å². The maximum absolute atomic E-state index is 12.1. The second-order valence-electron chi connectivity index (χ2n) is 3.84. The smallest absolute Gasteiger partial charge is 0.243 e. The molecule has 16 heavy (non-hydrogen) atoms. The van der Waals surface area contributed by atoms with Gasteiger partial charge in [-0.1, -0.05) is 17.7 Å². The summed E-state index contributed by atoms with van der Waals surface area (Å²) in [7, 11) is -3.50. The number of hydrogen-bond donors (Lipinski definition) is 1. The molecule has 0 bridgehead atoms. The number of rotatable bonds is 2. The van der Waals surface area contributed by atoms with Crippen molar-refractivity contribution in [1.82, 2.24) is 4.31 Å². The molecule has 1 aromatic rings. The van der Waals surface area contributed by atoms with Crippen molar-refractivity contribution >= 4 is 21.6 Å². The van der Waals surface area contributed by atoms with Crippen molar-refractivity contribution in [2.24, 2.45) is 0 Å². The van der Waals surface area contributed by atoms with Crippen LogP contribution in [0, 0.1) is 6.92 Å². The van der Waals surface area contributed by atoms with E-state index in [1.807, 2.05) is 0 Å². The largest absolute Gasteiger partial charge is 0.390 e. The molecule has 88 valence electrons. The minimum absolute atomic E-state index is 0.161. The van der Waals surface area contributed by atoms with Crippen LogP contribution in [0.4, 0.5) is 0 Å². The van der Waals surface area contributed by atoms with Crippen molar-refractivity contribution in [2.75, 3.05) is 13.1 Å². The van der Waals surface area contributed by atoms with Crippen molar-refractivity contribution in [3.05, 3.63) is 28.8 Å². The molecule has 1 heterocycles. The molecule has 0 amide bonds. The molecule has 1 N–H and O–H groups in total. The second kappa shape index (κ2) is 4.00. The minimum Gasteiger partial charge on any atom is -0.390 e. The van der Waals surface area contributed by atoms with E-state index in [4.69, 9.17) is 16.7 Å². The summed E-state index contributed by atoms with van der Waals surface area (Å²) in [6, 6.07) is 4.79. The molecule has 1 aliphatic heterocycles. The lowest BCUT2D eigenvalue weighted by Crippen LogP contribution is -2.53. The molecule has 0 aromatic heterocycles. The molecule has 1 saturated heterocycles.